The van der Waals surface area contributed by atoms with Gasteiger partial charge in [0.05, 0.1) is 11.4 Å². The van der Waals surface area contributed by atoms with Gasteiger partial charge in [-0.2, -0.15) is 0 Å². The van der Waals surface area contributed by atoms with Crippen molar-refractivity contribution in [3.63, 3.8) is 0 Å². The van der Waals surface area contributed by atoms with Crippen molar-refractivity contribution in [3.8, 4) is 0 Å². The lowest BCUT2D eigenvalue weighted by Crippen LogP contribution is -2.27. The second kappa shape index (κ2) is 15.2. The van der Waals surface area contributed by atoms with E-state index in [9.17, 15) is 8.42 Å². The van der Waals surface area contributed by atoms with Gasteiger partial charge in [-0.05, 0) is 89.1 Å². The van der Waals surface area contributed by atoms with Crippen LogP contribution < -0.4 is 5.32 Å². The molecule has 0 spiro atoms. The molecule has 38 heavy (non-hydrogen) atoms. The molecule has 0 aliphatic rings. The maximum atomic E-state index is 13.0. The van der Waals surface area contributed by atoms with Crippen LogP contribution in [0.25, 0.3) is 0 Å². The molecule has 8 heteroatoms. The van der Waals surface area contributed by atoms with E-state index in [1.165, 1.54) is 67.2 Å². The van der Waals surface area contributed by atoms with Crippen LogP contribution in [0.3, 0.4) is 0 Å². The Morgan fingerprint density at radius 3 is 2.13 bits per heavy atom. The molecule has 3 rings (SSSR count). The molecule has 0 aliphatic heterocycles. The fourth-order valence-electron chi connectivity index (χ4n) is 4.65. The number of benzene rings is 2. The van der Waals surface area contributed by atoms with E-state index < -0.39 is 10.0 Å². The third kappa shape index (κ3) is 9.05. The summed E-state index contributed by atoms with van der Waals surface area (Å²) < 4.78 is 27.3. The van der Waals surface area contributed by atoms with Gasteiger partial charge in [0, 0.05) is 25.5 Å². The van der Waals surface area contributed by atoms with E-state index in [0.29, 0.717) is 18.9 Å². The minimum Gasteiger partial charge on any atom is -0.306 e. The molecule has 0 unspecified atom stereocenters. The second-order valence-corrected chi connectivity index (χ2v) is 12.0. The Morgan fingerprint density at radius 2 is 1.47 bits per heavy atom. The summed E-state index contributed by atoms with van der Waals surface area (Å²) in [6.45, 7) is 13.1. The molecular weight excluding hydrogens is 494 g/mol. The Bertz CT molecular complexity index is 1180. The molecular formula is C30H45N5O2S. The van der Waals surface area contributed by atoms with Crippen molar-refractivity contribution in [1.29, 1.82) is 0 Å². The lowest BCUT2D eigenvalue weighted by Gasteiger charge is -2.22. The third-order valence-corrected chi connectivity index (χ3v) is 8.41. The average molecular weight is 540 g/mol. The van der Waals surface area contributed by atoms with Crippen molar-refractivity contribution < 1.29 is 8.42 Å². The number of unbranched alkanes of at least 4 members (excludes halogenated alkanes) is 1. The van der Waals surface area contributed by atoms with Gasteiger partial charge in [0.15, 0.2) is 0 Å². The normalized spacial score (nSPS) is 12.1. The molecule has 208 valence electrons. The van der Waals surface area contributed by atoms with E-state index in [0.717, 1.165) is 24.2 Å². The lowest BCUT2D eigenvalue weighted by atomic mass is 10.1. The standard InChI is InChI=1S/C30H45N5O2S/c1-5-18-34(19-6-2)21-8-7-20-33(4)25-28-13-11-27(12-14-28)23-31-24-30-32-17-22-35(30)38(36,37)29-15-9-26(3)10-16-29/h9-17,22,31H,5-8,18-21,23-25H2,1-4H3. The molecule has 1 N–H and O–H groups in total. The molecule has 0 fully saturated rings. The average Bonchev–Trinajstić information content (AvgIpc) is 3.38. The van der Waals surface area contributed by atoms with Crippen LogP contribution in [0.1, 0.15) is 62.0 Å². The summed E-state index contributed by atoms with van der Waals surface area (Å²) >= 11 is 0. The van der Waals surface area contributed by atoms with Crippen LogP contribution in [0, 0.1) is 6.92 Å². The van der Waals surface area contributed by atoms with Gasteiger partial charge < -0.3 is 15.1 Å². The van der Waals surface area contributed by atoms with Gasteiger partial charge in [-0.1, -0.05) is 55.8 Å². The molecule has 2 aromatic carbocycles. The van der Waals surface area contributed by atoms with E-state index in [4.69, 9.17) is 0 Å². The molecule has 0 saturated heterocycles. The number of hydrogen-bond donors (Lipinski definition) is 1. The molecule has 0 radical (unpaired) electrons. The zero-order valence-electron chi connectivity index (χ0n) is 23.6. The first-order valence-corrected chi connectivity index (χ1v) is 15.3. The highest BCUT2D eigenvalue weighted by Crippen LogP contribution is 2.16. The van der Waals surface area contributed by atoms with Crippen LogP contribution in [-0.2, 0) is 29.7 Å². The van der Waals surface area contributed by atoms with Gasteiger partial charge in [0.1, 0.15) is 5.82 Å². The van der Waals surface area contributed by atoms with Crippen molar-refractivity contribution >= 4 is 10.0 Å². The van der Waals surface area contributed by atoms with Gasteiger partial charge in [-0.15, -0.1) is 0 Å². The number of imidazole rings is 1. The minimum absolute atomic E-state index is 0.262. The smallest absolute Gasteiger partial charge is 0.269 e. The van der Waals surface area contributed by atoms with Gasteiger partial charge >= 0.3 is 0 Å². The van der Waals surface area contributed by atoms with E-state index in [1.807, 2.05) is 6.92 Å². The van der Waals surface area contributed by atoms with Crippen LogP contribution in [0.2, 0.25) is 0 Å². The first-order valence-electron chi connectivity index (χ1n) is 13.9. The largest absolute Gasteiger partial charge is 0.306 e. The number of aromatic nitrogens is 2. The minimum atomic E-state index is -3.67. The highest BCUT2D eigenvalue weighted by atomic mass is 32.2. The summed E-state index contributed by atoms with van der Waals surface area (Å²) in [5, 5.41) is 3.34. The van der Waals surface area contributed by atoms with Crippen molar-refractivity contribution in [3.05, 3.63) is 83.4 Å². The summed E-state index contributed by atoms with van der Waals surface area (Å²) in [6.07, 6.45) is 7.96. The Kier molecular flexibility index (Phi) is 12.0. The summed E-state index contributed by atoms with van der Waals surface area (Å²) in [4.78, 5) is 9.52. The van der Waals surface area contributed by atoms with Crippen LogP contribution >= 0.6 is 0 Å². The number of nitrogens with zero attached hydrogens (tertiary/aromatic N) is 4. The molecule has 7 nitrogen and oxygen atoms in total. The van der Waals surface area contributed by atoms with Crippen molar-refractivity contribution in [2.45, 2.75) is 71.0 Å². The van der Waals surface area contributed by atoms with Crippen LogP contribution in [0.5, 0.6) is 0 Å². The SMILES string of the molecule is CCCN(CCC)CCCCN(C)Cc1ccc(CNCc2nccn2S(=O)(=O)c2ccc(C)cc2)cc1. The Balaban J connectivity index is 1.43. The lowest BCUT2D eigenvalue weighted by molar-refractivity contribution is 0.255. The van der Waals surface area contributed by atoms with Crippen molar-refractivity contribution in [2.24, 2.45) is 0 Å². The molecule has 1 heterocycles. The van der Waals surface area contributed by atoms with E-state index in [-0.39, 0.29) is 4.90 Å². The predicted molar refractivity (Wildman–Crippen MR) is 156 cm³/mol. The molecule has 1 aromatic heterocycles. The van der Waals surface area contributed by atoms with Crippen molar-refractivity contribution in [1.82, 2.24) is 24.1 Å². The Morgan fingerprint density at radius 1 is 0.842 bits per heavy atom. The van der Waals surface area contributed by atoms with Crippen molar-refractivity contribution in [2.75, 3.05) is 33.2 Å². The zero-order valence-corrected chi connectivity index (χ0v) is 24.4. The first-order chi connectivity index (χ1) is 18.3. The third-order valence-electron chi connectivity index (χ3n) is 6.69. The van der Waals surface area contributed by atoms with Gasteiger partial charge in [0.2, 0.25) is 0 Å². The summed E-state index contributed by atoms with van der Waals surface area (Å²) in [5.74, 6) is 0.469. The number of nitrogens with one attached hydrogen (secondary N) is 1. The maximum Gasteiger partial charge on any atom is 0.269 e. The number of rotatable bonds is 17. The first kappa shape index (κ1) is 30.0. The van der Waals surface area contributed by atoms with Gasteiger partial charge in [-0.25, -0.2) is 17.4 Å². The topological polar surface area (TPSA) is 70.5 Å². The zero-order chi connectivity index (χ0) is 27.4. The number of aryl methyl sites for hydroxylation is 1. The molecule has 0 atom stereocenters. The number of hydrogen-bond acceptors (Lipinski definition) is 6. The Labute approximate surface area is 229 Å². The van der Waals surface area contributed by atoms with Gasteiger partial charge in [-0.3, -0.25) is 0 Å². The fourth-order valence-corrected chi connectivity index (χ4v) is 5.96. The summed E-state index contributed by atoms with van der Waals surface area (Å²) in [5.41, 5.74) is 3.48. The van der Waals surface area contributed by atoms with Crippen LogP contribution in [-0.4, -0.2) is 60.4 Å². The molecule has 3 aromatic rings. The summed E-state index contributed by atoms with van der Waals surface area (Å²) in [6, 6.07) is 15.5. The van der Waals surface area contributed by atoms with E-state index >= 15 is 0 Å². The Hall–Kier alpha value is -2.52. The van der Waals surface area contributed by atoms with Gasteiger partial charge in [0.25, 0.3) is 10.0 Å². The molecule has 0 saturated carbocycles. The molecule has 0 amide bonds. The van der Waals surface area contributed by atoms with E-state index in [1.54, 1.807) is 24.3 Å². The second-order valence-electron chi connectivity index (χ2n) is 10.2. The molecule has 0 bridgehead atoms. The van der Waals surface area contributed by atoms with Crippen LogP contribution in [0.15, 0.2) is 65.8 Å². The highest BCUT2D eigenvalue weighted by Gasteiger charge is 2.19. The fraction of sp³-hybridized carbons (Fsp3) is 0.500. The van der Waals surface area contributed by atoms with E-state index in [2.05, 4.69) is 65.3 Å². The molecule has 0 aliphatic carbocycles. The monoisotopic (exact) mass is 539 g/mol. The highest BCUT2D eigenvalue weighted by molar-refractivity contribution is 7.90. The quantitative estimate of drug-likeness (QED) is 0.242. The predicted octanol–water partition coefficient (Wildman–Crippen LogP) is 5.05. The maximum absolute atomic E-state index is 13.0. The summed E-state index contributed by atoms with van der Waals surface area (Å²) in [7, 11) is -1.47. The van der Waals surface area contributed by atoms with Crippen LogP contribution in [0.4, 0.5) is 0 Å².